The van der Waals surface area contributed by atoms with Crippen LogP contribution < -0.4 is 11.1 Å². The Kier molecular flexibility index (Phi) is 5.16. The first-order valence-corrected chi connectivity index (χ1v) is 6.15. The first-order valence-electron chi connectivity index (χ1n) is 6.15. The summed E-state index contributed by atoms with van der Waals surface area (Å²) < 4.78 is 0. The van der Waals surface area contributed by atoms with E-state index in [0.717, 1.165) is 6.42 Å². The van der Waals surface area contributed by atoms with Crippen molar-refractivity contribution in [3.05, 3.63) is 35.4 Å². The van der Waals surface area contributed by atoms with Gasteiger partial charge in [0.15, 0.2) is 0 Å². The molecule has 0 aromatic heterocycles. The Balaban J connectivity index is 2.78. The minimum absolute atomic E-state index is 0.174. The minimum Gasteiger partial charge on any atom is -0.369 e. The summed E-state index contributed by atoms with van der Waals surface area (Å²) in [5.74, 6) is 0.0997. The van der Waals surface area contributed by atoms with Crippen LogP contribution in [-0.2, 0) is 11.2 Å². The molecule has 1 aromatic rings. The monoisotopic (exact) mass is 234 g/mol. The van der Waals surface area contributed by atoms with Gasteiger partial charge in [-0.25, -0.2) is 0 Å². The van der Waals surface area contributed by atoms with Gasteiger partial charge in [0.05, 0.1) is 6.54 Å². The molecule has 0 heterocycles. The van der Waals surface area contributed by atoms with Crippen molar-refractivity contribution in [3.63, 3.8) is 0 Å². The molecule has 0 spiro atoms. The van der Waals surface area contributed by atoms with Crippen LogP contribution in [-0.4, -0.2) is 12.5 Å². The average Bonchev–Trinajstić information content (AvgIpc) is 2.29. The zero-order valence-corrected chi connectivity index (χ0v) is 10.9. The molecule has 0 radical (unpaired) electrons. The van der Waals surface area contributed by atoms with Crippen LogP contribution in [0.2, 0.25) is 0 Å². The molecule has 0 saturated heterocycles. The highest BCUT2D eigenvalue weighted by atomic mass is 16.1. The summed E-state index contributed by atoms with van der Waals surface area (Å²) in [6.45, 7) is 6.62. The normalized spacial score (nSPS) is 12.7. The Bertz CT molecular complexity index is 357. The summed E-state index contributed by atoms with van der Waals surface area (Å²) in [6.07, 6.45) is 1.04. The first-order chi connectivity index (χ1) is 8.04. The van der Waals surface area contributed by atoms with Crippen molar-refractivity contribution in [1.82, 2.24) is 5.32 Å². The van der Waals surface area contributed by atoms with Gasteiger partial charge in [0.1, 0.15) is 0 Å². The smallest absolute Gasteiger partial charge is 0.231 e. The molecule has 1 aromatic carbocycles. The summed E-state index contributed by atoms with van der Waals surface area (Å²) in [5, 5.41) is 3.20. The highest BCUT2D eigenvalue weighted by Crippen LogP contribution is 2.21. The standard InChI is InChI=1S/C14H22N2O/c1-4-11-5-7-12(8-6-11)14(10(2)3)16-9-13(15)17/h5-8,10,14,16H,4,9H2,1-3H3,(H2,15,17)/t14-/m0/s1. The Hall–Kier alpha value is -1.35. The predicted octanol–water partition coefficient (Wildman–Crippen LogP) is 2.02. The largest absolute Gasteiger partial charge is 0.369 e. The third-order valence-corrected chi connectivity index (χ3v) is 2.91. The van der Waals surface area contributed by atoms with Crippen molar-refractivity contribution >= 4 is 5.91 Å². The molecule has 1 atom stereocenters. The average molecular weight is 234 g/mol. The number of hydrogen-bond acceptors (Lipinski definition) is 2. The third-order valence-electron chi connectivity index (χ3n) is 2.91. The molecule has 0 bridgehead atoms. The Morgan fingerprint density at radius 2 is 1.88 bits per heavy atom. The number of rotatable bonds is 6. The number of benzene rings is 1. The van der Waals surface area contributed by atoms with Gasteiger partial charge < -0.3 is 11.1 Å². The molecule has 3 nitrogen and oxygen atoms in total. The lowest BCUT2D eigenvalue weighted by molar-refractivity contribution is -0.117. The topological polar surface area (TPSA) is 55.1 Å². The Morgan fingerprint density at radius 1 is 1.29 bits per heavy atom. The summed E-state index contributed by atoms with van der Waals surface area (Å²) in [7, 11) is 0. The van der Waals surface area contributed by atoms with E-state index in [4.69, 9.17) is 5.73 Å². The second-order valence-electron chi connectivity index (χ2n) is 4.66. The number of carbonyl (C=O) groups is 1. The fraction of sp³-hybridized carbons (Fsp3) is 0.500. The van der Waals surface area contributed by atoms with Gasteiger partial charge in [-0.15, -0.1) is 0 Å². The van der Waals surface area contributed by atoms with Crippen LogP contribution in [0.15, 0.2) is 24.3 Å². The molecule has 1 amide bonds. The van der Waals surface area contributed by atoms with Gasteiger partial charge in [0.25, 0.3) is 0 Å². The summed E-state index contributed by atoms with van der Waals surface area (Å²) in [5.41, 5.74) is 7.70. The molecular formula is C14H22N2O. The second kappa shape index (κ2) is 6.40. The molecule has 94 valence electrons. The van der Waals surface area contributed by atoms with Gasteiger partial charge in [-0.1, -0.05) is 45.0 Å². The number of aryl methyl sites for hydroxylation is 1. The maximum Gasteiger partial charge on any atom is 0.231 e. The van der Waals surface area contributed by atoms with Gasteiger partial charge >= 0.3 is 0 Å². The fourth-order valence-electron chi connectivity index (χ4n) is 1.91. The summed E-state index contributed by atoms with van der Waals surface area (Å²) >= 11 is 0. The molecule has 0 aliphatic rings. The maximum atomic E-state index is 10.8. The van der Waals surface area contributed by atoms with Crippen LogP contribution in [0.4, 0.5) is 0 Å². The molecule has 3 heteroatoms. The number of nitrogens with two attached hydrogens (primary N) is 1. The van der Waals surface area contributed by atoms with E-state index in [1.165, 1.54) is 11.1 Å². The highest BCUT2D eigenvalue weighted by Gasteiger charge is 2.15. The van der Waals surface area contributed by atoms with E-state index in [-0.39, 0.29) is 18.5 Å². The second-order valence-corrected chi connectivity index (χ2v) is 4.66. The van der Waals surface area contributed by atoms with Crippen molar-refractivity contribution in [2.75, 3.05) is 6.54 Å². The predicted molar refractivity (Wildman–Crippen MR) is 70.6 cm³/mol. The number of amides is 1. The van der Waals surface area contributed by atoms with Crippen LogP contribution >= 0.6 is 0 Å². The number of nitrogens with one attached hydrogen (secondary N) is 1. The van der Waals surface area contributed by atoms with E-state index in [0.29, 0.717) is 5.92 Å². The van der Waals surface area contributed by atoms with Crippen LogP contribution in [0.5, 0.6) is 0 Å². The van der Waals surface area contributed by atoms with Gasteiger partial charge in [0, 0.05) is 6.04 Å². The SMILES string of the molecule is CCc1ccc([C@@H](NCC(N)=O)C(C)C)cc1. The van der Waals surface area contributed by atoms with Crippen molar-refractivity contribution in [3.8, 4) is 0 Å². The van der Waals surface area contributed by atoms with Crippen molar-refractivity contribution in [2.45, 2.75) is 33.2 Å². The maximum absolute atomic E-state index is 10.8. The van der Waals surface area contributed by atoms with Crippen molar-refractivity contribution in [2.24, 2.45) is 11.7 Å². The lowest BCUT2D eigenvalue weighted by Gasteiger charge is -2.22. The molecule has 1 rings (SSSR count). The van der Waals surface area contributed by atoms with Crippen LogP contribution in [0.3, 0.4) is 0 Å². The zero-order valence-electron chi connectivity index (χ0n) is 10.9. The molecule has 0 fully saturated rings. The minimum atomic E-state index is -0.319. The molecule has 0 saturated carbocycles. The van der Waals surface area contributed by atoms with Crippen LogP contribution in [0.25, 0.3) is 0 Å². The summed E-state index contributed by atoms with van der Waals surface area (Å²) in [4.78, 5) is 10.8. The van der Waals surface area contributed by atoms with Crippen LogP contribution in [0, 0.1) is 5.92 Å². The van der Waals surface area contributed by atoms with Gasteiger partial charge in [-0.05, 0) is 23.5 Å². The number of carbonyl (C=O) groups excluding carboxylic acids is 1. The molecule has 0 aliphatic carbocycles. The van der Waals surface area contributed by atoms with E-state index in [1.54, 1.807) is 0 Å². The molecule has 17 heavy (non-hydrogen) atoms. The zero-order chi connectivity index (χ0) is 12.8. The van der Waals surface area contributed by atoms with E-state index in [9.17, 15) is 4.79 Å². The number of primary amides is 1. The molecular weight excluding hydrogens is 212 g/mol. The third kappa shape index (κ3) is 4.19. The molecule has 3 N–H and O–H groups in total. The highest BCUT2D eigenvalue weighted by molar-refractivity contribution is 5.75. The van der Waals surface area contributed by atoms with E-state index >= 15 is 0 Å². The van der Waals surface area contributed by atoms with Gasteiger partial charge in [-0.3, -0.25) is 4.79 Å². The van der Waals surface area contributed by atoms with Crippen molar-refractivity contribution < 1.29 is 4.79 Å². The fourth-order valence-corrected chi connectivity index (χ4v) is 1.91. The van der Waals surface area contributed by atoms with E-state index < -0.39 is 0 Å². The Labute approximate surface area is 103 Å². The Morgan fingerprint density at radius 3 is 2.29 bits per heavy atom. The van der Waals surface area contributed by atoms with E-state index in [2.05, 4.69) is 50.4 Å². The quantitative estimate of drug-likeness (QED) is 0.791. The summed E-state index contributed by atoms with van der Waals surface area (Å²) in [6, 6.07) is 8.69. The first kappa shape index (κ1) is 13.7. The van der Waals surface area contributed by atoms with Gasteiger partial charge in [0.2, 0.25) is 5.91 Å². The molecule has 0 unspecified atom stereocenters. The molecule has 0 aliphatic heterocycles. The van der Waals surface area contributed by atoms with Crippen molar-refractivity contribution in [1.29, 1.82) is 0 Å². The van der Waals surface area contributed by atoms with E-state index in [1.807, 2.05) is 0 Å². The van der Waals surface area contributed by atoms with Gasteiger partial charge in [-0.2, -0.15) is 0 Å². The lowest BCUT2D eigenvalue weighted by atomic mass is 9.95. The van der Waals surface area contributed by atoms with Crippen LogP contribution in [0.1, 0.15) is 37.9 Å². The number of hydrogen-bond donors (Lipinski definition) is 2. The lowest BCUT2D eigenvalue weighted by Crippen LogP contribution is -2.34.